The molecule has 0 spiro atoms. The van der Waals surface area contributed by atoms with Crippen molar-refractivity contribution in [2.24, 2.45) is 15.7 Å². The number of thiol groups is 1. The van der Waals surface area contributed by atoms with Gasteiger partial charge in [-0.15, -0.1) is 0 Å². The molecule has 0 fully saturated rings. The van der Waals surface area contributed by atoms with Gasteiger partial charge in [-0.05, 0) is 29.2 Å². The highest BCUT2D eigenvalue weighted by Gasteiger charge is 2.27. The van der Waals surface area contributed by atoms with Crippen molar-refractivity contribution in [3.8, 4) is 5.75 Å². The molecule has 1 amide bonds. The van der Waals surface area contributed by atoms with Crippen LogP contribution in [0.3, 0.4) is 0 Å². The summed E-state index contributed by atoms with van der Waals surface area (Å²) in [5.41, 5.74) is 7.03. The molecule has 0 saturated heterocycles. The van der Waals surface area contributed by atoms with Gasteiger partial charge in [0.1, 0.15) is 5.69 Å². The van der Waals surface area contributed by atoms with E-state index in [9.17, 15) is 9.90 Å². The summed E-state index contributed by atoms with van der Waals surface area (Å²) < 4.78 is 2.55. The quantitative estimate of drug-likeness (QED) is 0.285. The standard InChI is InChI=1S/C21H25Cl2N5O2S/c1-21(2,3)11-9-10-14(17(29)15(11)20(30)28(4)5)26-19(27-31)18(24)25-13-8-6-7-12(22)16(13)23/h6-10,29,31H,1-5H3,(H2,24,25)(H,26,27). The van der Waals surface area contributed by atoms with Crippen LogP contribution in [0.5, 0.6) is 5.75 Å². The second-order valence-electron chi connectivity index (χ2n) is 7.95. The van der Waals surface area contributed by atoms with E-state index in [1.54, 1.807) is 44.4 Å². The Morgan fingerprint density at radius 3 is 2.32 bits per heavy atom. The number of hydrogen-bond acceptors (Lipinski definition) is 5. The van der Waals surface area contributed by atoms with Crippen molar-refractivity contribution in [1.82, 2.24) is 9.62 Å². The summed E-state index contributed by atoms with van der Waals surface area (Å²) in [6, 6.07) is 8.31. The fourth-order valence-electron chi connectivity index (χ4n) is 2.76. The number of carbonyl (C=O) groups is 1. The molecule has 166 valence electrons. The van der Waals surface area contributed by atoms with E-state index in [1.807, 2.05) is 20.8 Å². The number of amidine groups is 2. The lowest BCUT2D eigenvalue weighted by molar-refractivity contribution is 0.0822. The third-order valence-corrected chi connectivity index (χ3v) is 5.36. The van der Waals surface area contributed by atoms with Crippen LogP contribution >= 0.6 is 36.0 Å². The number of nitrogens with zero attached hydrogens (tertiary/aromatic N) is 3. The monoisotopic (exact) mass is 481 g/mol. The van der Waals surface area contributed by atoms with Crippen molar-refractivity contribution in [3.63, 3.8) is 0 Å². The molecule has 2 rings (SSSR count). The van der Waals surface area contributed by atoms with Gasteiger partial charge < -0.3 is 20.5 Å². The van der Waals surface area contributed by atoms with Gasteiger partial charge in [-0.25, -0.2) is 9.98 Å². The molecule has 0 unspecified atom stereocenters. The molecule has 0 aliphatic heterocycles. The molecule has 7 nitrogen and oxygen atoms in total. The second-order valence-corrected chi connectivity index (χ2v) is 8.96. The molecule has 0 aliphatic rings. The molecule has 31 heavy (non-hydrogen) atoms. The Morgan fingerprint density at radius 1 is 1.13 bits per heavy atom. The smallest absolute Gasteiger partial charge is 0.257 e. The first kappa shape index (κ1) is 24.8. The molecule has 0 bridgehead atoms. The Hall–Kier alpha value is -2.42. The Balaban J connectivity index is 2.63. The summed E-state index contributed by atoms with van der Waals surface area (Å²) in [5, 5.41) is 11.5. The van der Waals surface area contributed by atoms with Gasteiger partial charge in [0, 0.05) is 14.1 Å². The average molecular weight is 482 g/mol. The lowest BCUT2D eigenvalue weighted by atomic mass is 9.82. The zero-order valence-electron chi connectivity index (χ0n) is 17.9. The fourth-order valence-corrected chi connectivity index (χ4v) is 3.26. The number of phenolic OH excluding ortho intramolecular Hbond substituents is 1. The van der Waals surface area contributed by atoms with Crippen LogP contribution in [0.25, 0.3) is 0 Å². The number of aromatic hydroxyl groups is 1. The van der Waals surface area contributed by atoms with E-state index in [1.165, 1.54) is 4.90 Å². The number of aliphatic imine (C=N–C) groups is 2. The lowest BCUT2D eigenvalue weighted by Crippen LogP contribution is -2.31. The van der Waals surface area contributed by atoms with Crippen molar-refractivity contribution < 1.29 is 9.90 Å². The molecule has 0 atom stereocenters. The van der Waals surface area contributed by atoms with Crippen molar-refractivity contribution in [2.75, 3.05) is 14.1 Å². The SMILES string of the molecule is CN(C)C(=O)c1c(C(C)(C)C)ccc(N=C(NS)C(N)=Nc2cccc(Cl)c2Cl)c1O. The number of phenols is 1. The molecule has 10 heteroatoms. The van der Waals surface area contributed by atoms with Gasteiger partial charge in [-0.1, -0.05) is 68.9 Å². The molecule has 0 aromatic heterocycles. The topological polar surface area (TPSA) is 103 Å². The molecule has 0 radical (unpaired) electrons. The Bertz CT molecular complexity index is 1060. The van der Waals surface area contributed by atoms with Crippen LogP contribution in [-0.4, -0.2) is 41.7 Å². The minimum absolute atomic E-state index is 0.0426. The highest BCUT2D eigenvalue weighted by Crippen LogP contribution is 2.38. The van der Waals surface area contributed by atoms with Crippen molar-refractivity contribution in [3.05, 3.63) is 51.5 Å². The van der Waals surface area contributed by atoms with Gasteiger partial charge in [-0.2, -0.15) is 0 Å². The van der Waals surface area contributed by atoms with Crippen LogP contribution in [-0.2, 0) is 5.41 Å². The largest absolute Gasteiger partial charge is 0.505 e. The van der Waals surface area contributed by atoms with Crippen LogP contribution in [0, 0.1) is 0 Å². The molecular weight excluding hydrogens is 457 g/mol. The number of nitrogens with two attached hydrogens (primary N) is 1. The Kier molecular flexibility index (Phi) is 7.86. The predicted octanol–water partition coefficient (Wildman–Crippen LogP) is 4.85. The first-order valence-corrected chi connectivity index (χ1v) is 10.4. The van der Waals surface area contributed by atoms with E-state index in [-0.39, 0.29) is 45.0 Å². The first-order chi connectivity index (χ1) is 14.4. The van der Waals surface area contributed by atoms with E-state index in [2.05, 4.69) is 27.5 Å². The van der Waals surface area contributed by atoms with E-state index in [4.69, 9.17) is 28.9 Å². The normalized spacial score (nSPS) is 12.6. The predicted molar refractivity (Wildman–Crippen MR) is 132 cm³/mol. The summed E-state index contributed by atoms with van der Waals surface area (Å²) in [5.74, 6) is -0.589. The minimum Gasteiger partial charge on any atom is -0.505 e. The number of nitrogens with one attached hydrogen (secondary N) is 1. The highest BCUT2D eigenvalue weighted by molar-refractivity contribution is 7.78. The van der Waals surface area contributed by atoms with Gasteiger partial charge in [-0.3, -0.25) is 4.79 Å². The number of halogens is 2. The third-order valence-electron chi connectivity index (χ3n) is 4.34. The average Bonchev–Trinajstić information content (AvgIpc) is 2.68. The Labute approximate surface area is 197 Å². The van der Waals surface area contributed by atoms with Crippen LogP contribution in [0.1, 0.15) is 36.7 Å². The third kappa shape index (κ3) is 5.64. The zero-order valence-corrected chi connectivity index (χ0v) is 20.3. The van der Waals surface area contributed by atoms with E-state index in [0.717, 1.165) is 0 Å². The van der Waals surface area contributed by atoms with Gasteiger partial charge in [0.05, 0.1) is 21.3 Å². The lowest BCUT2D eigenvalue weighted by Gasteiger charge is -2.25. The van der Waals surface area contributed by atoms with Gasteiger partial charge >= 0.3 is 0 Å². The number of rotatable bonds is 3. The summed E-state index contributed by atoms with van der Waals surface area (Å²) in [6.07, 6.45) is 0. The molecular formula is C21H25Cl2N5O2S. The van der Waals surface area contributed by atoms with Gasteiger partial charge in [0.2, 0.25) is 0 Å². The second kappa shape index (κ2) is 9.80. The van der Waals surface area contributed by atoms with Gasteiger partial charge in [0.25, 0.3) is 5.91 Å². The van der Waals surface area contributed by atoms with E-state index in [0.29, 0.717) is 16.3 Å². The number of benzene rings is 2. The van der Waals surface area contributed by atoms with E-state index < -0.39 is 0 Å². The van der Waals surface area contributed by atoms with Crippen molar-refractivity contribution >= 4 is 65.0 Å². The maximum Gasteiger partial charge on any atom is 0.257 e. The number of amides is 1. The van der Waals surface area contributed by atoms with Crippen molar-refractivity contribution in [1.29, 1.82) is 0 Å². The van der Waals surface area contributed by atoms with Crippen LogP contribution in [0.4, 0.5) is 11.4 Å². The molecule has 0 saturated carbocycles. The first-order valence-electron chi connectivity index (χ1n) is 9.24. The molecule has 0 heterocycles. The zero-order chi connectivity index (χ0) is 23.5. The molecule has 2 aromatic carbocycles. The summed E-state index contributed by atoms with van der Waals surface area (Å²) in [7, 11) is 3.23. The molecule has 4 N–H and O–H groups in total. The number of hydrogen-bond donors (Lipinski definition) is 4. The summed E-state index contributed by atoms with van der Waals surface area (Å²) in [6.45, 7) is 5.87. The van der Waals surface area contributed by atoms with E-state index >= 15 is 0 Å². The van der Waals surface area contributed by atoms with Crippen LogP contribution in [0.2, 0.25) is 10.0 Å². The van der Waals surface area contributed by atoms with Crippen LogP contribution < -0.4 is 10.5 Å². The Morgan fingerprint density at radius 2 is 1.77 bits per heavy atom. The van der Waals surface area contributed by atoms with Crippen LogP contribution in [0.15, 0.2) is 40.3 Å². The minimum atomic E-state index is -0.380. The molecule has 2 aromatic rings. The highest BCUT2D eigenvalue weighted by atomic mass is 35.5. The van der Waals surface area contributed by atoms with Gasteiger partial charge in [0.15, 0.2) is 17.4 Å². The fraction of sp³-hybridized carbons (Fsp3) is 0.286. The summed E-state index contributed by atoms with van der Waals surface area (Å²) in [4.78, 5) is 22.8. The summed E-state index contributed by atoms with van der Waals surface area (Å²) >= 11 is 16.2. The maximum atomic E-state index is 12.8. The maximum absolute atomic E-state index is 12.8. The van der Waals surface area contributed by atoms with Crippen molar-refractivity contribution in [2.45, 2.75) is 26.2 Å². The molecule has 0 aliphatic carbocycles. The number of carbonyl (C=O) groups excluding carboxylic acids is 1.